The molecule has 4 atom stereocenters. The zero-order valence-corrected chi connectivity index (χ0v) is 30.8. The molecule has 12 heteroatoms. The average Bonchev–Trinajstić information content (AvgIpc) is 4.09. The molecule has 4 aliphatic rings. The number of amides is 2. The van der Waals surface area contributed by atoms with Gasteiger partial charge in [-0.05, 0) is 72.2 Å². The van der Waals surface area contributed by atoms with Crippen molar-refractivity contribution in [2.75, 3.05) is 13.1 Å². The van der Waals surface area contributed by atoms with Crippen molar-refractivity contribution in [3.05, 3.63) is 131 Å². The molecule has 6 heterocycles. The summed E-state index contributed by atoms with van der Waals surface area (Å²) in [4.78, 5) is 47.3. The minimum Gasteiger partial charge on any atom is -0.488 e. The van der Waals surface area contributed by atoms with Crippen LogP contribution in [0.4, 0.5) is 0 Å². The van der Waals surface area contributed by atoms with E-state index in [0.717, 1.165) is 105 Å². The highest BCUT2D eigenvalue weighted by Crippen LogP contribution is 2.51. The Hall–Kier alpha value is -6.24. The number of nitrogens with one attached hydrogen (secondary N) is 2. The van der Waals surface area contributed by atoms with Crippen LogP contribution in [0.25, 0.3) is 33.6 Å². The Balaban J connectivity index is 0.886. The summed E-state index contributed by atoms with van der Waals surface area (Å²) in [7, 11) is 0. The van der Waals surface area contributed by atoms with E-state index in [1.807, 2.05) is 95.0 Å². The van der Waals surface area contributed by atoms with Gasteiger partial charge in [-0.3, -0.25) is 9.59 Å². The summed E-state index contributed by atoms with van der Waals surface area (Å²) in [5.41, 5.74) is 22.3. The first kappa shape index (κ1) is 34.3. The molecule has 282 valence electrons. The normalized spacial score (nSPS) is 19.2. The van der Waals surface area contributed by atoms with Gasteiger partial charge < -0.3 is 40.7 Å². The molecule has 0 radical (unpaired) electrons. The molecule has 0 unspecified atom stereocenters. The van der Waals surface area contributed by atoms with Crippen LogP contribution in [0.2, 0.25) is 0 Å². The van der Waals surface area contributed by atoms with Gasteiger partial charge >= 0.3 is 0 Å². The number of likely N-dealkylation sites (tertiary alicyclic amines) is 2. The maximum atomic E-state index is 13.5. The highest BCUT2D eigenvalue weighted by Gasteiger charge is 2.37. The minimum absolute atomic E-state index is 0.0913. The van der Waals surface area contributed by atoms with Gasteiger partial charge in [-0.25, -0.2) is 9.97 Å². The second-order valence-corrected chi connectivity index (χ2v) is 15.1. The van der Waals surface area contributed by atoms with Crippen molar-refractivity contribution in [2.24, 2.45) is 11.5 Å². The van der Waals surface area contributed by atoms with Crippen LogP contribution >= 0.6 is 0 Å². The van der Waals surface area contributed by atoms with Crippen LogP contribution in [0.5, 0.6) is 11.5 Å². The van der Waals surface area contributed by atoms with Gasteiger partial charge in [0.25, 0.3) is 0 Å². The predicted octanol–water partition coefficient (Wildman–Crippen LogP) is 6.65. The van der Waals surface area contributed by atoms with E-state index in [2.05, 4.69) is 22.1 Å². The first-order valence-electron chi connectivity index (χ1n) is 19.3. The number of imidazole rings is 2. The largest absolute Gasteiger partial charge is 0.488 e. The molecule has 2 saturated heterocycles. The van der Waals surface area contributed by atoms with Crippen molar-refractivity contribution in [2.45, 2.75) is 63.1 Å². The summed E-state index contributed by atoms with van der Waals surface area (Å²) in [5.74, 6) is 2.82. The van der Waals surface area contributed by atoms with Crippen molar-refractivity contribution in [3.8, 4) is 45.1 Å². The van der Waals surface area contributed by atoms with E-state index in [4.69, 9.17) is 30.9 Å². The molecule has 4 aromatic carbocycles. The fourth-order valence-electron chi connectivity index (χ4n) is 8.90. The number of nitrogens with two attached hydrogens (primary N) is 2. The topological polar surface area (TPSA) is 168 Å². The third-order valence-electron chi connectivity index (χ3n) is 11.7. The number of nitrogens with zero attached hydrogens (tertiary/aromatic N) is 4. The second kappa shape index (κ2) is 13.8. The van der Waals surface area contributed by atoms with Crippen molar-refractivity contribution in [3.63, 3.8) is 0 Å². The molecule has 10 rings (SSSR count). The number of rotatable bonds is 8. The van der Waals surface area contributed by atoms with E-state index in [-0.39, 0.29) is 23.9 Å². The first-order valence-corrected chi connectivity index (χ1v) is 19.3. The van der Waals surface area contributed by atoms with Crippen LogP contribution < -0.4 is 20.9 Å². The smallest absolute Gasteiger partial charge is 0.244 e. The van der Waals surface area contributed by atoms with E-state index >= 15 is 0 Å². The van der Waals surface area contributed by atoms with Crippen LogP contribution in [0, 0.1) is 0 Å². The number of carbonyl (C=O) groups excluding carboxylic acids is 2. The maximum absolute atomic E-state index is 13.5. The van der Waals surface area contributed by atoms with Gasteiger partial charge in [0.1, 0.15) is 48.4 Å². The van der Waals surface area contributed by atoms with Crippen molar-refractivity contribution in [1.82, 2.24) is 29.7 Å². The van der Waals surface area contributed by atoms with Gasteiger partial charge in [-0.15, -0.1) is 0 Å². The molecule has 2 fully saturated rings. The van der Waals surface area contributed by atoms with E-state index < -0.39 is 12.1 Å². The molecule has 2 aromatic heterocycles. The third-order valence-corrected chi connectivity index (χ3v) is 11.7. The van der Waals surface area contributed by atoms with Crippen molar-refractivity contribution >= 4 is 11.8 Å². The molecule has 4 aliphatic heterocycles. The Morgan fingerprint density at radius 2 is 1.09 bits per heavy atom. The number of ether oxygens (including phenoxy) is 2. The van der Waals surface area contributed by atoms with E-state index in [0.29, 0.717) is 26.3 Å². The lowest BCUT2D eigenvalue weighted by atomic mass is 9.87. The highest BCUT2D eigenvalue weighted by atomic mass is 16.5. The fourth-order valence-corrected chi connectivity index (χ4v) is 8.90. The maximum Gasteiger partial charge on any atom is 0.244 e. The zero-order chi connectivity index (χ0) is 37.9. The summed E-state index contributed by atoms with van der Waals surface area (Å²) in [6, 6.07) is 25.6. The van der Waals surface area contributed by atoms with E-state index in [1.54, 1.807) is 0 Å². The number of hydrogen-bond donors (Lipinski definition) is 4. The Morgan fingerprint density at radius 1 is 0.643 bits per heavy atom. The summed E-state index contributed by atoms with van der Waals surface area (Å²) < 4.78 is 12.8. The Morgan fingerprint density at radius 3 is 1.55 bits per heavy atom. The van der Waals surface area contributed by atoms with Gasteiger partial charge in [0.05, 0.1) is 41.4 Å². The zero-order valence-electron chi connectivity index (χ0n) is 30.8. The van der Waals surface area contributed by atoms with Crippen LogP contribution in [0.3, 0.4) is 0 Å². The van der Waals surface area contributed by atoms with Gasteiger partial charge in [0.2, 0.25) is 11.8 Å². The summed E-state index contributed by atoms with van der Waals surface area (Å²) in [5, 5.41) is 0. The fraction of sp³-hybridized carbons (Fsp3) is 0.273. The predicted molar refractivity (Wildman–Crippen MR) is 210 cm³/mol. The monoisotopic (exact) mass is 746 g/mol. The Bertz CT molecular complexity index is 2240. The van der Waals surface area contributed by atoms with Gasteiger partial charge in [0.15, 0.2) is 0 Å². The quantitative estimate of drug-likeness (QED) is 0.134. The van der Waals surface area contributed by atoms with Crippen LogP contribution in [-0.2, 0) is 22.8 Å². The Labute approximate surface area is 323 Å². The molecular formula is C44H42N8O4. The van der Waals surface area contributed by atoms with Crippen molar-refractivity contribution < 1.29 is 19.1 Å². The Kier molecular flexibility index (Phi) is 8.45. The van der Waals surface area contributed by atoms with Gasteiger partial charge in [-0.2, -0.15) is 0 Å². The molecular weight excluding hydrogens is 705 g/mol. The third kappa shape index (κ3) is 5.84. The molecule has 0 spiro atoms. The molecule has 56 heavy (non-hydrogen) atoms. The van der Waals surface area contributed by atoms with Gasteiger partial charge in [-0.1, -0.05) is 60.7 Å². The van der Waals surface area contributed by atoms with E-state index in [9.17, 15) is 9.59 Å². The SMILES string of the molecule is N[C@@H](C(=O)N1CCC[C@H]1c1ncc(-c2cc3c4c(c2)COc2cc(-c5cnc([C@@H]6CCCN6C(=O)[C@H](N)c6ccccc6)[nH]5)cc(c2-4)OC3)[nH]1)c1ccccc1. The molecule has 0 bridgehead atoms. The van der Waals surface area contributed by atoms with Crippen molar-refractivity contribution in [1.29, 1.82) is 0 Å². The lowest BCUT2D eigenvalue weighted by Crippen LogP contribution is -2.38. The molecule has 0 aliphatic carbocycles. The first-order chi connectivity index (χ1) is 27.4. The number of carbonyl (C=O) groups is 2. The summed E-state index contributed by atoms with van der Waals surface area (Å²) in [6.07, 6.45) is 7.07. The highest BCUT2D eigenvalue weighted by molar-refractivity contribution is 5.89. The molecule has 6 N–H and O–H groups in total. The lowest BCUT2D eigenvalue weighted by molar-refractivity contribution is -0.134. The molecule has 2 amide bonds. The number of aromatic amines is 2. The standard InChI is InChI=1S/C44H42N8O4/c45-39(25-9-3-1-4-10-25)43(53)51-15-7-13-33(51)41-47-21-31(49-41)27-17-29-23-55-35-19-28(20-36-38(35)37(29)30(18-27)24-56-36)32-22-48-42(50-32)34-14-8-16-52(34)44(54)40(46)26-11-5-2-6-12-26/h1-6,9-12,17-22,33-34,39-40H,7-8,13-16,23-24,45-46H2,(H,47,49)(H,48,50)/t33-,34-,39+,40+/m0/s1. The molecule has 0 saturated carbocycles. The van der Waals surface area contributed by atoms with E-state index in [1.165, 1.54) is 0 Å². The second-order valence-electron chi connectivity index (χ2n) is 15.1. The summed E-state index contributed by atoms with van der Waals surface area (Å²) in [6.45, 7) is 2.10. The van der Waals surface area contributed by atoms with Crippen LogP contribution in [0.1, 0.15) is 83.8 Å². The lowest BCUT2D eigenvalue weighted by Gasteiger charge is -2.30. The summed E-state index contributed by atoms with van der Waals surface area (Å²) >= 11 is 0. The van der Waals surface area contributed by atoms with Gasteiger partial charge in [0, 0.05) is 29.8 Å². The number of aromatic nitrogens is 4. The molecule has 12 nitrogen and oxygen atoms in total. The average molecular weight is 747 g/mol. The number of H-pyrrole nitrogens is 2. The molecule has 6 aromatic rings. The van der Waals surface area contributed by atoms with Crippen LogP contribution in [-0.4, -0.2) is 54.6 Å². The number of hydrogen-bond acceptors (Lipinski definition) is 8. The minimum atomic E-state index is -0.722. The van der Waals surface area contributed by atoms with Crippen LogP contribution in [0.15, 0.2) is 97.3 Å². The number of benzene rings is 4.